The molecule has 1 amide bonds. The van der Waals surface area contributed by atoms with Gasteiger partial charge in [-0.2, -0.15) is 0 Å². The van der Waals surface area contributed by atoms with E-state index in [-0.39, 0.29) is 28.8 Å². The molecule has 3 aliphatic rings. The summed E-state index contributed by atoms with van der Waals surface area (Å²) >= 11 is 2.88. The van der Waals surface area contributed by atoms with E-state index in [0.29, 0.717) is 5.13 Å². The zero-order valence-electron chi connectivity index (χ0n) is 14.7. The first-order valence-electron chi connectivity index (χ1n) is 8.58. The number of nitrogens with zero attached hydrogens (tertiary/aromatic N) is 5. The number of carbonyl (C=O) groups excluding carboxylic acids is 1. The minimum Gasteiger partial charge on any atom is -0.477 e. The number of fused-ring (bicyclic) bond motifs is 1. The number of aliphatic hydroxyl groups excluding tert-OH is 1. The normalized spacial score (nSPS) is 29.1. The minimum atomic E-state index is -1.08. The van der Waals surface area contributed by atoms with Crippen LogP contribution >= 0.6 is 23.1 Å². The smallest absolute Gasteiger partial charge is 0.353 e. The zero-order chi connectivity index (χ0) is 19.3. The van der Waals surface area contributed by atoms with Crippen molar-refractivity contribution in [1.29, 1.82) is 0 Å². The molecular formula is C16H19N5O4S2. The number of β-lactam (4-membered cyclic amide) rings is 1. The maximum atomic E-state index is 12.3. The molecule has 3 aliphatic heterocycles. The van der Waals surface area contributed by atoms with Gasteiger partial charge in [-0.05, 0) is 6.92 Å². The van der Waals surface area contributed by atoms with E-state index < -0.39 is 18.0 Å². The van der Waals surface area contributed by atoms with Crippen LogP contribution in [0.2, 0.25) is 0 Å². The Bertz CT molecular complexity index is 819. The van der Waals surface area contributed by atoms with E-state index in [4.69, 9.17) is 0 Å². The van der Waals surface area contributed by atoms with Crippen molar-refractivity contribution in [3.63, 3.8) is 0 Å². The second-order valence-corrected chi connectivity index (χ2v) is 9.09. The highest BCUT2D eigenvalue weighted by atomic mass is 32.2. The number of amides is 1. The van der Waals surface area contributed by atoms with Crippen LogP contribution in [-0.2, 0) is 9.59 Å². The molecule has 4 rings (SSSR count). The Labute approximate surface area is 163 Å². The molecule has 0 saturated carbocycles. The molecule has 1 aromatic rings. The Morgan fingerprint density at radius 2 is 2.26 bits per heavy atom. The number of rotatable bonds is 6. The summed E-state index contributed by atoms with van der Waals surface area (Å²) in [7, 11) is 0. The highest BCUT2D eigenvalue weighted by Gasteiger charge is 2.60. The molecule has 0 radical (unpaired) electrons. The van der Waals surface area contributed by atoms with Crippen LogP contribution in [0.4, 0.5) is 5.13 Å². The Morgan fingerprint density at radius 3 is 2.85 bits per heavy atom. The summed E-state index contributed by atoms with van der Waals surface area (Å²) in [5, 5.41) is 27.9. The number of carboxylic acid groups (broad SMARTS) is 1. The fourth-order valence-corrected chi connectivity index (χ4v) is 5.78. The largest absolute Gasteiger partial charge is 0.477 e. The lowest BCUT2D eigenvalue weighted by Crippen LogP contribution is -2.63. The third-order valence-electron chi connectivity index (χ3n) is 5.16. The summed E-state index contributed by atoms with van der Waals surface area (Å²) in [5.41, 5.74) is 1.70. The predicted molar refractivity (Wildman–Crippen MR) is 101 cm³/mol. The summed E-state index contributed by atoms with van der Waals surface area (Å²) in [6.07, 6.45) is 0.943. The number of aromatic nitrogens is 2. The highest BCUT2D eigenvalue weighted by molar-refractivity contribution is 8.03. The van der Waals surface area contributed by atoms with Gasteiger partial charge in [-0.3, -0.25) is 4.79 Å². The third kappa shape index (κ3) is 3.03. The van der Waals surface area contributed by atoms with Gasteiger partial charge in [-0.25, -0.2) is 9.79 Å². The molecule has 144 valence electrons. The number of carbonyl (C=O) groups is 2. The average molecular weight is 409 g/mol. The number of aliphatic imine (C=N–C) groups is 1. The van der Waals surface area contributed by atoms with Gasteiger partial charge in [0.2, 0.25) is 11.0 Å². The van der Waals surface area contributed by atoms with Gasteiger partial charge >= 0.3 is 5.97 Å². The molecule has 27 heavy (non-hydrogen) atoms. The van der Waals surface area contributed by atoms with E-state index in [1.165, 1.54) is 28.0 Å². The predicted octanol–water partition coefficient (Wildman–Crippen LogP) is 0.769. The van der Waals surface area contributed by atoms with E-state index in [2.05, 4.69) is 15.2 Å². The lowest BCUT2D eigenvalue weighted by atomic mass is 9.79. The molecule has 1 aromatic heterocycles. The van der Waals surface area contributed by atoms with Gasteiger partial charge in [0, 0.05) is 29.2 Å². The number of hydrogen-bond donors (Lipinski definition) is 2. The summed E-state index contributed by atoms with van der Waals surface area (Å²) in [4.78, 5) is 32.5. The Hall–Kier alpha value is -1.98. The van der Waals surface area contributed by atoms with E-state index in [1.54, 1.807) is 18.8 Å². The van der Waals surface area contributed by atoms with Crippen LogP contribution in [0.25, 0.3) is 0 Å². The lowest BCUT2D eigenvalue weighted by Gasteiger charge is -2.46. The van der Waals surface area contributed by atoms with Crippen molar-refractivity contribution in [3.8, 4) is 0 Å². The molecule has 4 atom stereocenters. The van der Waals surface area contributed by atoms with Crippen molar-refractivity contribution in [2.24, 2.45) is 16.8 Å². The van der Waals surface area contributed by atoms with Crippen LogP contribution in [0.1, 0.15) is 13.8 Å². The van der Waals surface area contributed by atoms with Crippen LogP contribution in [-0.4, -0.2) is 78.9 Å². The van der Waals surface area contributed by atoms with Crippen LogP contribution in [0.3, 0.4) is 0 Å². The Kier molecular flexibility index (Phi) is 4.68. The van der Waals surface area contributed by atoms with Gasteiger partial charge in [0.25, 0.3) is 0 Å². The molecular weight excluding hydrogens is 390 g/mol. The number of likely N-dealkylation sites (tertiary alicyclic amines) is 1. The van der Waals surface area contributed by atoms with Gasteiger partial charge in [-0.15, -0.1) is 22.0 Å². The van der Waals surface area contributed by atoms with E-state index in [0.717, 1.165) is 18.0 Å². The second-order valence-electron chi connectivity index (χ2n) is 6.93. The van der Waals surface area contributed by atoms with Crippen molar-refractivity contribution in [1.82, 2.24) is 20.0 Å². The number of aliphatic carboxylic acids is 1. The summed E-state index contributed by atoms with van der Waals surface area (Å²) in [6, 6.07) is -0.263. The molecule has 2 N–H and O–H groups in total. The van der Waals surface area contributed by atoms with Crippen molar-refractivity contribution >= 4 is 46.4 Å². The molecule has 0 unspecified atom stereocenters. The molecule has 0 aliphatic carbocycles. The molecule has 2 saturated heterocycles. The number of aliphatic hydroxyl groups is 1. The second kappa shape index (κ2) is 6.88. The maximum Gasteiger partial charge on any atom is 0.353 e. The number of thioether (sulfide) groups is 1. The van der Waals surface area contributed by atoms with Crippen molar-refractivity contribution in [3.05, 3.63) is 16.1 Å². The molecule has 11 heteroatoms. The fourth-order valence-electron chi connectivity index (χ4n) is 3.85. The Morgan fingerprint density at radius 1 is 1.52 bits per heavy atom. The molecule has 9 nitrogen and oxygen atoms in total. The quantitative estimate of drug-likeness (QED) is 0.402. The van der Waals surface area contributed by atoms with Gasteiger partial charge < -0.3 is 20.0 Å². The highest BCUT2D eigenvalue weighted by Crippen LogP contribution is 2.51. The van der Waals surface area contributed by atoms with Crippen LogP contribution in [0.5, 0.6) is 0 Å². The van der Waals surface area contributed by atoms with Crippen molar-refractivity contribution in [2.45, 2.75) is 31.2 Å². The summed E-state index contributed by atoms with van der Waals surface area (Å²) < 4.78 is 0. The van der Waals surface area contributed by atoms with Gasteiger partial charge in [-0.1, -0.05) is 18.3 Å². The van der Waals surface area contributed by atoms with Crippen molar-refractivity contribution in [2.75, 3.05) is 13.1 Å². The van der Waals surface area contributed by atoms with E-state index >= 15 is 0 Å². The third-order valence-corrected chi connectivity index (χ3v) is 7.21. The SMILES string of the molecule is C[C@@H](O)[C@H]1C(=O)N2C(C(=O)O)=C(SC3CN(C=Nc4nncs4)C3)[C@H](C)[C@H]12. The first-order chi connectivity index (χ1) is 12.9. The van der Waals surface area contributed by atoms with Crippen molar-refractivity contribution < 1.29 is 19.8 Å². The molecule has 2 fully saturated rings. The van der Waals surface area contributed by atoms with Gasteiger partial charge in [0.1, 0.15) is 11.2 Å². The van der Waals surface area contributed by atoms with Crippen LogP contribution < -0.4 is 0 Å². The topological polar surface area (TPSA) is 119 Å². The number of hydrogen-bond acceptors (Lipinski definition) is 8. The van der Waals surface area contributed by atoms with Gasteiger partial charge in [0.15, 0.2) is 0 Å². The first-order valence-corrected chi connectivity index (χ1v) is 10.3. The molecule has 0 aromatic carbocycles. The summed E-state index contributed by atoms with van der Waals surface area (Å²) in [5.74, 6) is -2.00. The molecule has 0 bridgehead atoms. The van der Waals surface area contributed by atoms with Crippen LogP contribution in [0.15, 0.2) is 21.1 Å². The van der Waals surface area contributed by atoms with Crippen LogP contribution in [0, 0.1) is 11.8 Å². The maximum absolute atomic E-state index is 12.3. The molecule has 0 spiro atoms. The standard InChI is InChI=1S/C16H19N5O4S2/c1-7-11-10(8(2)22)14(23)21(11)12(15(24)25)13(7)27-9-3-20(4-9)5-17-16-19-18-6-26-16/h5-11,22H,3-4H2,1-2H3,(H,24,25)/t7-,8-,10-,11-/m1/s1. The minimum absolute atomic E-state index is 0.0837. The van der Waals surface area contributed by atoms with E-state index in [9.17, 15) is 19.8 Å². The fraction of sp³-hybridized carbons (Fsp3) is 0.562. The van der Waals surface area contributed by atoms with Gasteiger partial charge in [0.05, 0.1) is 24.4 Å². The van der Waals surface area contributed by atoms with E-state index in [1.807, 2.05) is 11.8 Å². The average Bonchev–Trinajstić information content (AvgIpc) is 3.15. The lowest BCUT2D eigenvalue weighted by molar-refractivity contribution is -0.163. The summed E-state index contributed by atoms with van der Waals surface area (Å²) in [6.45, 7) is 5.01. The molecule has 4 heterocycles. The number of carboxylic acids is 1. The first kappa shape index (κ1) is 18.4. The monoisotopic (exact) mass is 409 g/mol. The zero-order valence-corrected chi connectivity index (χ0v) is 16.4. The Balaban J connectivity index is 1.43.